The van der Waals surface area contributed by atoms with Crippen LogP contribution in [0.25, 0.3) is 33.4 Å². The highest BCUT2D eigenvalue weighted by Gasteiger charge is 2.25. The third-order valence-electron chi connectivity index (χ3n) is 5.51. The number of hydrogen-bond donors (Lipinski definition) is 0. The van der Waals surface area contributed by atoms with Crippen LogP contribution in [0.5, 0.6) is 11.5 Å². The number of cyclic esters (lactones) is 1. The Bertz CT molecular complexity index is 1340. The van der Waals surface area contributed by atoms with Crippen LogP contribution < -0.4 is 9.47 Å². The first-order chi connectivity index (χ1) is 15.2. The number of carbonyl (C=O) groups excluding carboxylic acids is 1. The predicted octanol–water partition coefficient (Wildman–Crippen LogP) is 5.99. The molecule has 0 N–H and O–H groups in total. The van der Waals surface area contributed by atoms with Crippen LogP contribution in [-0.4, -0.2) is 20.2 Å². The lowest BCUT2D eigenvalue weighted by Gasteiger charge is -2.10. The second kappa shape index (κ2) is 7.65. The molecular formula is C27H20O4. The Labute approximate surface area is 180 Å². The maximum atomic E-state index is 12.7. The van der Waals surface area contributed by atoms with Crippen molar-refractivity contribution < 1.29 is 19.0 Å². The zero-order valence-electron chi connectivity index (χ0n) is 17.2. The van der Waals surface area contributed by atoms with Gasteiger partial charge in [0, 0.05) is 6.07 Å². The van der Waals surface area contributed by atoms with E-state index in [1.165, 1.54) is 0 Å². The first-order valence-electron chi connectivity index (χ1n) is 9.96. The SMILES string of the molecule is COc1ccc(C2=CC(=Cc3c4ccccc4cc4ccccc34)C(=O)O2)c(OC)c1. The molecule has 0 aromatic heterocycles. The van der Waals surface area contributed by atoms with Crippen molar-refractivity contribution in [2.45, 2.75) is 0 Å². The molecular weight excluding hydrogens is 388 g/mol. The van der Waals surface area contributed by atoms with Gasteiger partial charge < -0.3 is 14.2 Å². The number of rotatable bonds is 4. The van der Waals surface area contributed by atoms with Crippen LogP contribution in [0, 0.1) is 0 Å². The fourth-order valence-corrected chi connectivity index (χ4v) is 3.98. The Morgan fingerprint density at radius 3 is 2.13 bits per heavy atom. The van der Waals surface area contributed by atoms with Crippen molar-refractivity contribution in [1.82, 2.24) is 0 Å². The highest BCUT2D eigenvalue weighted by atomic mass is 16.5. The van der Waals surface area contributed by atoms with Gasteiger partial charge in [-0.25, -0.2) is 4.79 Å². The lowest BCUT2D eigenvalue weighted by Crippen LogP contribution is -1.99. The Hall–Kier alpha value is -4.05. The quantitative estimate of drug-likeness (QED) is 0.236. The molecule has 1 aliphatic heterocycles. The van der Waals surface area contributed by atoms with E-state index in [4.69, 9.17) is 14.2 Å². The zero-order chi connectivity index (χ0) is 21.4. The Morgan fingerprint density at radius 2 is 1.48 bits per heavy atom. The molecule has 0 spiro atoms. The van der Waals surface area contributed by atoms with Gasteiger partial charge in [0.2, 0.25) is 0 Å². The molecule has 1 aliphatic rings. The lowest BCUT2D eigenvalue weighted by molar-refractivity contribution is -0.130. The van der Waals surface area contributed by atoms with Gasteiger partial charge in [-0.3, -0.25) is 0 Å². The summed E-state index contributed by atoms with van der Waals surface area (Å²) >= 11 is 0. The molecule has 152 valence electrons. The smallest absolute Gasteiger partial charge is 0.343 e. The summed E-state index contributed by atoms with van der Waals surface area (Å²) in [6, 6.07) is 24.0. The van der Waals surface area contributed by atoms with Gasteiger partial charge in [-0.15, -0.1) is 0 Å². The van der Waals surface area contributed by atoms with Gasteiger partial charge in [0.25, 0.3) is 0 Å². The van der Waals surface area contributed by atoms with Crippen LogP contribution in [0.1, 0.15) is 11.1 Å². The van der Waals surface area contributed by atoms with Crippen molar-refractivity contribution in [1.29, 1.82) is 0 Å². The van der Waals surface area contributed by atoms with Crippen molar-refractivity contribution in [3.05, 3.63) is 95.6 Å². The maximum absolute atomic E-state index is 12.7. The van der Waals surface area contributed by atoms with Gasteiger partial charge in [0.1, 0.15) is 17.3 Å². The van der Waals surface area contributed by atoms with Crippen LogP contribution >= 0.6 is 0 Å². The minimum atomic E-state index is -0.384. The summed E-state index contributed by atoms with van der Waals surface area (Å²) in [5.41, 5.74) is 2.19. The van der Waals surface area contributed by atoms with Gasteiger partial charge in [0.05, 0.1) is 25.4 Å². The summed E-state index contributed by atoms with van der Waals surface area (Å²) in [6.45, 7) is 0. The molecule has 31 heavy (non-hydrogen) atoms. The average Bonchev–Trinajstić information content (AvgIpc) is 3.18. The third-order valence-corrected chi connectivity index (χ3v) is 5.51. The molecule has 0 saturated carbocycles. The first kappa shape index (κ1) is 18.9. The van der Waals surface area contributed by atoms with Crippen molar-refractivity contribution in [2.75, 3.05) is 14.2 Å². The van der Waals surface area contributed by atoms with E-state index in [1.54, 1.807) is 26.4 Å². The van der Waals surface area contributed by atoms with Crippen LogP contribution in [0.2, 0.25) is 0 Å². The number of esters is 1. The fourth-order valence-electron chi connectivity index (χ4n) is 3.98. The minimum Gasteiger partial charge on any atom is -0.497 e. The molecule has 0 amide bonds. The second-order valence-corrected chi connectivity index (χ2v) is 7.30. The van der Waals surface area contributed by atoms with E-state index in [-0.39, 0.29) is 5.97 Å². The van der Waals surface area contributed by atoms with Gasteiger partial charge >= 0.3 is 5.97 Å². The molecule has 1 heterocycles. The average molecular weight is 408 g/mol. The molecule has 0 radical (unpaired) electrons. The highest BCUT2D eigenvalue weighted by Crippen LogP contribution is 2.37. The molecule has 0 fully saturated rings. The van der Waals surface area contributed by atoms with Crippen molar-refractivity contribution in [3.63, 3.8) is 0 Å². The Balaban J connectivity index is 1.67. The van der Waals surface area contributed by atoms with Crippen molar-refractivity contribution >= 4 is 39.3 Å². The summed E-state index contributed by atoms with van der Waals surface area (Å²) in [7, 11) is 3.17. The summed E-state index contributed by atoms with van der Waals surface area (Å²) in [6.07, 6.45) is 3.68. The van der Waals surface area contributed by atoms with Crippen LogP contribution in [0.3, 0.4) is 0 Å². The van der Waals surface area contributed by atoms with E-state index < -0.39 is 0 Å². The molecule has 0 saturated heterocycles. The van der Waals surface area contributed by atoms with Crippen LogP contribution in [-0.2, 0) is 9.53 Å². The zero-order valence-corrected chi connectivity index (χ0v) is 17.2. The number of benzene rings is 4. The first-order valence-corrected chi connectivity index (χ1v) is 9.96. The number of carbonyl (C=O) groups is 1. The molecule has 0 aliphatic carbocycles. The lowest BCUT2D eigenvalue weighted by atomic mass is 9.95. The standard InChI is InChI=1S/C27H20O4/c1-29-20-11-12-23(25(16-20)30-2)26-15-19(27(28)31-26)14-24-21-9-5-3-7-17(21)13-18-8-4-6-10-22(18)24/h3-16H,1-2H3. The topological polar surface area (TPSA) is 44.8 Å². The minimum absolute atomic E-state index is 0.384. The summed E-state index contributed by atoms with van der Waals surface area (Å²) < 4.78 is 16.3. The van der Waals surface area contributed by atoms with E-state index in [0.29, 0.717) is 28.4 Å². The summed E-state index contributed by atoms with van der Waals surface area (Å²) in [5.74, 6) is 1.32. The maximum Gasteiger partial charge on any atom is 0.343 e. The van der Waals surface area contributed by atoms with Crippen LogP contribution in [0.4, 0.5) is 0 Å². The molecule has 4 nitrogen and oxygen atoms in total. The number of ether oxygens (including phenoxy) is 3. The largest absolute Gasteiger partial charge is 0.497 e. The van der Waals surface area contributed by atoms with Gasteiger partial charge in [-0.05, 0) is 57.5 Å². The normalized spacial score (nSPS) is 14.7. The monoisotopic (exact) mass is 408 g/mol. The van der Waals surface area contributed by atoms with Gasteiger partial charge in [0.15, 0.2) is 0 Å². The third kappa shape index (κ3) is 3.32. The van der Waals surface area contributed by atoms with E-state index in [1.807, 2.05) is 42.5 Å². The number of fused-ring (bicyclic) bond motifs is 2. The Morgan fingerprint density at radius 1 is 0.806 bits per heavy atom. The molecule has 0 bridgehead atoms. The van der Waals surface area contributed by atoms with E-state index in [2.05, 4.69) is 30.3 Å². The second-order valence-electron chi connectivity index (χ2n) is 7.30. The van der Waals surface area contributed by atoms with Gasteiger partial charge in [-0.1, -0.05) is 48.5 Å². The van der Waals surface area contributed by atoms with E-state index in [9.17, 15) is 4.79 Å². The predicted molar refractivity (Wildman–Crippen MR) is 123 cm³/mol. The summed E-state index contributed by atoms with van der Waals surface area (Å²) in [5, 5.41) is 4.43. The van der Waals surface area contributed by atoms with Crippen LogP contribution in [0.15, 0.2) is 84.4 Å². The molecule has 4 aromatic rings. The van der Waals surface area contributed by atoms with Gasteiger partial charge in [-0.2, -0.15) is 0 Å². The number of methoxy groups -OCH3 is 2. The molecule has 0 atom stereocenters. The number of hydrogen-bond acceptors (Lipinski definition) is 4. The fraction of sp³-hybridized carbons (Fsp3) is 0.0741. The highest BCUT2D eigenvalue weighted by molar-refractivity contribution is 6.12. The molecule has 5 rings (SSSR count). The van der Waals surface area contributed by atoms with E-state index in [0.717, 1.165) is 27.1 Å². The van der Waals surface area contributed by atoms with Crippen molar-refractivity contribution in [3.8, 4) is 11.5 Å². The Kier molecular flexibility index (Phi) is 4.68. The molecule has 0 unspecified atom stereocenters. The molecule has 4 aromatic carbocycles. The van der Waals surface area contributed by atoms with E-state index >= 15 is 0 Å². The summed E-state index contributed by atoms with van der Waals surface area (Å²) in [4.78, 5) is 12.7. The molecule has 4 heteroatoms. The van der Waals surface area contributed by atoms with Crippen molar-refractivity contribution in [2.24, 2.45) is 0 Å².